The molecule has 2 aromatic rings. The second kappa shape index (κ2) is 17.0. The number of rotatable bonds is 16. The highest BCUT2D eigenvalue weighted by molar-refractivity contribution is 5.95. The van der Waals surface area contributed by atoms with Crippen LogP contribution in [0.15, 0.2) is 54.6 Å². The maximum atomic E-state index is 13.6. The van der Waals surface area contributed by atoms with E-state index in [1.54, 1.807) is 20.8 Å². The predicted octanol–water partition coefficient (Wildman–Crippen LogP) is 3.31. The lowest BCUT2D eigenvalue weighted by atomic mass is 9.85. The minimum Gasteiger partial charge on any atom is -0.481 e. The van der Waals surface area contributed by atoms with Crippen molar-refractivity contribution in [1.29, 1.82) is 0 Å². The Morgan fingerprint density at radius 1 is 0.889 bits per heavy atom. The average molecular weight is 626 g/mol. The summed E-state index contributed by atoms with van der Waals surface area (Å²) in [6.07, 6.45) is -1.09. The molecule has 0 aliphatic carbocycles. The van der Waals surface area contributed by atoms with Crippen LogP contribution in [-0.2, 0) is 30.3 Å². The molecule has 4 atom stereocenters. The van der Waals surface area contributed by atoms with E-state index in [9.17, 15) is 29.1 Å². The van der Waals surface area contributed by atoms with Gasteiger partial charge in [0.2, 0.25) is 17.7 Å². The zero-order chi connectivity index (χ0) is 33.7. The Labute approximate surface area is 264 Å². The van der Waals surface area contributed by atoms with E-state index in [2.05, 4.69) is 21.3 Å². The molecule has 1 unspecified atom stereocenters. The molecule has 246 valence electrons. The number of hydrogen-bond donors (Lipinski definition) is 6. The zero-order valence-electron chi connectivity index (χ0n) is 26.9. The lowest BCUT2D eigenvalue weighted by molar-refractivity contribution is -0.141. The van der Waals surface area contributed by atoms with E-state index in [0.29, 0.717) is 13.0 Å². The fourth-order valence-electron chi connectivity index (χ4n) is 4.81. The first-order valence-electron chi connectivity index (χ1n) is 15.1. The monoisotopic (exact) mass is 625 g/mol. The standard InChI is InChI=1S/C33H47N5O7/c1-7-35-23-15-11-14-22(18-23)24(17-21-12-9-8-10-13-21)28(29(34)41)38-31(43)26(19-27(39)40)36-30(42)25(16-20(2)3)37-32(44)45-33(4,5)6/h8-15,18,20,24-26,28,35H,7,16-17,19H2,1-6H3,(H2,34,41)(H,36,42)(H,37,44)(H,38,43)(H,39,40)/t24?,25-,26-,28-/m0/s1. The number of nitrogens with two attached hydrogens (primary N) is 1. The normalized spacial score (nSPS) is 13.9. The van der Waals surface area contributed by atoms with Gasteiger partial charge in [-0.3, -0.25) is 19.2 Å². The highest BCUT2D eigenvalue weighted by Crippen LogP contribution is 2.27. The molecule has 7 N–H and O–H groups in total. The van der Waals surface area contributed by atoms with Crippen molar-refractivity contribution in [1.82, 2.24) is 16.0 Å². The summed E-state index contributed by atoms with van der Waals surface area (Å²) >= 11 is 0. The molecule has 0 aromatic heterocycles. The van der Waals surface area contributed by atoms with E-state index in [4.69, 9.17) is 10.5 Å². The van der Waals surface area contributed by atoms with Gasteiger partial charge in [-0.1, -0.05) is 56.3 Å². The third-order valence-electron chi connectivity index (χ3n) is 6.73. The maximum absolute atomic E-state index is 13.6. The Bertz CT molecular complexity index is 1310. The largest absolute Gasteiger partial charge is 0.481 e. The maximum Gasteiger partial charge on any atom is 0.408 e. The number of carboxylic acid groups (broad SMARTS) is 1. The number of nitrogens with one attached hydrogen (secondary N) is 4. The molecule has 12 nitrogen and oxygen atoms in total. The number of amides is 4. The number of ether oxygens (including phenoxy) is 1. The second-order valence-electron chi connectivity index (χ2n) is 12.3. The van der Waals surface area contributed by atoms with Gasteiger partial charge in [0.25, 0.3) is 0 Å². The minimum absolute atomic E-state index is 0.0432. The smallest absolute Gasteiger partial charge is 0.408 e. The van der Waals surface area contributed by atoms with Crippen molar-refractivity contribution in [2.75, 3.05) is 11.9 Å². The van der Waals surface area contributed by atoms with Crippen LogP contribution >= 0.6 is 0 Å². The Kier molecular flexibility index (Phi) is 13.8. The number of carboxylic acids is 1. The van der Waals surface area contributed by atoms with Gasteiger partial charge in [-0.25, -0.2) is 4.79 Å². The SMILES string of the molecule is CCNc1cccc(C(Cc2ccccc2)[C@H](NC(=O)[C@H](CC(=O)O)NC(=O)[C@H](CC(C)C)NC(=O)OC(C)(C)C)C(N)=O)c1. The average Bonchev–Trinajstić information content (AvgIpc) is 2.93. The zero-order valence-corrected chi connectivity index (χ0v) is 26.9. The number of hydrogen-bond acceptors (Lipinski definition) is 7. The molecular weight excluding hydrogens is 578 g/mol. The number of alkyl carbamates (subject to hydrolysis) is 1. The van der Waals surface area contributed by atoms with Crippen molar-refractivity contribution in [3.8, 4) is 0 Å². The molecule has 0 spiro atoms. The van der Waals surface area contributed by atoms with Gasteiger partial charge in [-0.05, 0) is 69.7 Å². The first kappa shape index (κ1) is 36.6. The van der Waals surface area contributed by atoms with Crippen molar-refractivity contribution in [2.24, 2.45) is 11.7 Å². The van der Waals surface area contributed by atoms with E-state index in [1.807, 2.05) is 75.4 Å². The quantitative estimate of drug-likeness (QED) is 0.164. The molecule has 0 heterocycles. The summed E-state index contributed by atoms with van der Waals surface area (Å²) in [7, 11) is 0. The number of aliphatic carboxylic acids is 1. The first-order valence-corrected chi connectivity index (χ1v) is 15.1. The van der Waals surface area contributed by atoms with Crippen LogP contribution in [-0.4, -0.2) is 65.2 Å². The van der Waals surface area contributed by atoms with Crippen molar-refractivity contribution < 1.29 is 33.8 Å². The van der Waals surface area contributed by atoms with Crippen molar-refractivity contribution >= 4 is 35.5 Å². The number of anilines is 1. The van der Waals surface area contributed by atoms with Crippen LogP contribution in [0, 0.1) is 5.92 Å². The molecule has 2 aromatic carbocycles. The van der Waals surface area contributed by atoms with Gasteiger partial charge < -0.3 is 36.8 Å². The third-order valence-corrected chi connectivity index (χ3v) is 6.73. The topological polar surface area (TPSA) is 189 Å². The number of carbonyl (C=O) groups is 5. The van der Waals surface area contributed by atoms with E-state index >= 15 is 0 Å². The first-order chi connectivity index (χ1) is 21.1. The summed E-state index contributed by atoms with van der Waals surface area (Å²) < 4.78 is 5.28. The molecule has 12 heteroatoms. The Hall–Kier alpha value is -4.61. The third kappa shape index (κ3) is 12.9. The highest BCUT2D eigenvalue weighted by atomic mass is 16.6. The Balaban J connectivity index is 2.40. The number of primary amides is 1. The van der Waals surface area contributed by atoms with Gasteiger partial charge in [0.1, 0.15) is 23.7 Å². The summed E-state index contributed by atoms with van der Waals surface area (Å²) in [6, 6.07) is 12.8. The van der Waals surface area contributed by atoms with Crippen LogP contribution in [0.5, 0.6) is 0 Å². The molecule has 0 saturated carbocycles. The van der Waals surface area contributed by atoms with Gasteiger partial charge in [0.15, 0.2) is 0 Å². The molecule has 0 aliphatic heterocycles. The summed E-state index contributed by atoms with van der Waals surface area (Å²) in [5.41, 5.74) is 7.45. The van der Waals surface area contributed by atoms with E-state index < -0.39 is 65.8 Å². The van der Waals surface area contributed by atoms with Gasteiger partial charge in [-0.15, -0.1) is 0 Å². The van der Waals surface area contributed by atoms with Gasteiger partial charge >= 0.3 is 12.1 Å². The molecule has 0 radical (unpaired) electrons. The van der Waals surface area contributed by atoms with E-state index in [-0.39, 0.29) is 12.3 Å². The summed E-state index contributed by atoms with van der Waals surface area (Å²) in [4.78, 5) is 64.1. The van der Waals surface area contributed by atoms with Gasteiger partial charge in [-0.2, -0.15) is 0 Å². The van der Waals surface area contributed by atoms with Crippen LogP contribution in [0.1, 0.15) is 71.4 Å². The summed E-state index contributed by atoms with van der Waals surface area (Å²) in [5.74, 6) is -4.54. The second-order valence-corrected chi connectivity index (χ2v) is 12.3. The molecular formula is C33H47N5O7. The lowest BCUT2D eigenvalue weighted by Gasteiger charge is -2.29. The van der Waals surface area contributed by atoms with Gasteiger partial charge in [0.05, 0.1) is 6.42 Å². The molecule has 4 amide bonds. The highest BCUT2D eigenvalue weighted by Gasteiger charge is 2.35. The van der Waals surface area contributed by atoms with Crippen LogP contribution in [0.3, 0.4) is 0 Å². The Morgan fingerprint density at radius 2 is 1.53 bits per heavy atom. The van der Waals surface area contributed by atoms with Crippen LogP contribution in [0.2, 0.25) is 0 Å². The molecule has 0 aliphatic rings. The number of carbonyl (C=O) groups excluding carboxylic acids is 4. The Morgan fingerprint density at radius 3 is 2.09 bits per heavy atom. The minimum atomic E-state index is -1.57. The molecule has 0 fully saturated rings. The summed E-state index contributed by atoms with van der Waals surface area (Å²) in [5, 5.41) is 20.4. The van der Waals surface area contributed by atoms with Crippen molar-refractivity contribution in [3.05, 3.63) is 65.7 Å². The predicted molar refractivity (Wildman–Crippen MR) is 171 cm³/mol. The molecule has 45 heavy (non-hydrogen) atoms. The van der Waals surface area contributed by atoms with Crippen molar-refractivity contribution in [3.63, 3.8) is 0 Å². The molecule has 0 saturated heterocycles. The fraction of sp³-hybridized carbons (Fsp3) is 0.485. The molecule has 2 rings (SSSR count). The fourth-order valence-corrected chi connectivity index (χ4v) is 4.81. The van der Waals surface area contributed by atoms with Gasteiger partial charge in [0, 0.05) is 18.2 Å². The van der Waals surface area contributed by atoms with E-state index in [1.165, 1.54) is 0 Å². The van der Waals surface area contributed by atoms with Crippen LogP contribution in [0.4, 0.5) is 10.5 Å². The lowest BCUT2D eigenvalue weighted by Crippen LogP contribution is -2.58. The number of benzene rings is 2. The summed E-state index contributed by atoms with van der Waals surface area (Å²) in [6.45, 7) is 11.3. The van der Waals surface area contributed by atoms with Crippen LogP contribution in [0.25, 0.3) is 0 Å². The molecule has 0 bridgehead atoms. The van der Waals surface area contributed by atoms with Crippen molar-refractivity contribution in [2.45, 2.75) is 90.4 Å². The van der Waals surface area contributed by atoms with E-state index in [0.717, 1.165) is 16.8 Å². The van der Waals surface area contributed by atoms with Crippen LogP contribution < -0.4 is 27.0 Å².